The van der Waals surface area contributed by atoms with Crippen molar-refractivity contribution in [3.8, 4) is 0 Å². The van der Waals surface area contributed by atoms with Crippen LogP contribution in [0, 0.1) is 0 Å². The summed E-state index contributed by atoms with van der Waals surface area (Å²) in [5.74, 6) is -0.163. The monoisotopic (exact) mass is 451 g/mol. The summed E-state index contributed by atoms with van der Waals surface area (Å²) in [5.41, 5.74) is 0.590. The zero-order valence-electron chi connectivity index (χ0n) is 17.7. The maximum absolute atomic E-state index is 13.7. The second-order valence-electron chi connectivity index (χ2n) is 7.46. The van der Waals surface area contributed by atoms with Gasteiger partial charge in [0.1, 0.15) is 0 Å². The Labute approximate surface area is 185 Å². The van der Waals surface area contributed by atoms with Crippen LogP contribution in [0.4, 0.5) is 13.2 Å². The Balaban J connectivity index is 2.16. The number of carbonyl (C=O) groups is 1. The molecule has 2 aromatic carbocycles. The molecule has 0 aromatic heterocycles. The van der Waals surface area contributed by atoms with Crippen LogP contribution in [-0.2, 0) is 11.0 Å². The Morgan fingerprint density at radius 2 is 1.84 bits per heavy atom. The Morgan fingerprint density at radius 3 is 2.52 bits per heavy atom. The molecule has 0 atom stereocenters. The molecule has 0 aliphatic carbocycles. The van der Waals surface area contributed by atoms with E-state index in [0.717, 1.165) is 41.1 Å². The summed E-state index contributed by atoms with van der Waals surface area (Å²) in [6.45, 7) is 4.60. The third kappa shape index (κ3) is 8.07. The zero-order chi connectivity index (χ0) is 22.9. The van der Waals surface area contributed by atoms with E-state index in [1.165, 1.54) is 18.2 Å². The summed E-state index contributed by atoms with van der Waals surface area (Å²) in [6, 6.07) is 11.6. The number of carbonyl (C=O) groups excluding carboxylic acids is 1. The maximum Gasteiger partial charge on any atom is 0.417 e. The number of halogens is 3. The van der Waals surface area contributed by atoms with Gasteiger partial charge in [0.15, 0.2) is 0 Å². The first-order chi connectivity index (χ1) is 14.7. The highest BCUT2D eigenvalue weighted by Crippen LogP contribution is 2.42. The predicted molar refractivity (Wildman–Crippen MR) is 119 cm³/mol. The Bertz CT molecular complexity index is 895. The van der Waals surface area contributed by atoms with E-state index in [4.69, 9.17) is 5.11 Å². The van der Waals surface area contributed by atoms with Gasteiger partial charge in [-0.05, 0) is 60.6 Å². The second-order valence-corrected chi connectivity index (χ2v) is 8.54. The lowest BCUT2D eigenvalue weighted by Gasteiger charge is -2.16. The van der Waals surface area contributed by atoms with E-state index in [1.807, 2.05) is 38.1 Å². The summed E-state index contributed by atoms with van der Waals surface area (Å²) >= 11 is 1.11. The summed E-state index contributed by atoms with van der Waals surface area (Å²) in [5, 5.41) is 11.4. The molecule has 168 valence electrons. The number of rotatable bonds is 10. The van der Waals surface area contributed by atoms with Crippen molar-refractivity contribution in [3.63, 3.8) is 0 Å². The van der Waals surface area contributed by atoms with E-state index in [2.05, 4.69) is 5.32 Å². The number of hydrogen-bond acceptors (Lipinski definition) is 3. The fourth-order valence-electron chi connectivity index (χ4n) is 2.99. The normalized spacial score (nSPS) is 12.0. The molecule has 0 saturated carbocycles. The van der Waals surface area contributed by atoms with E-state index in [-0.39, 0.29) is 23.3 Å². The number of nitrogens with one attached hydrogen (secondary N) is 1. The fraction of sp³-hybridized carbons (Fsp3) is 0.375. The molecule has 3 nitrogen and oxygen atoms in total. The van der Waals surface area contributed by atoms with Gasteiger partial charge in [-0.1, -0.05) is 49.9 Å². The van der Waals surface area contributed by atoms with Crippen molar-refractivity contribution in [2.75, 3.05) is 13.2 Å². The number of unbranched alkanes of at least 4 members (excludes halogenated alkanes) is 2. The summed E-state index contributed by atoms with van der Waals surface area (Å²) in [6.07, 6.45) is 0.333. The van der Waals surface area contributed by atoms with E-state index in [1.54, 1.807) is 6.07 Å². The summed E-state index contributed by atoms with van der Waals surface area (Å²) in [4.78, 5) is 12.8. The number of benzene rings is 2. The van der Waals surface area contributed by atoms with Crippen molar-refractivity contribution in [2.45, 2.75) is 55.0 Å². The van der Waals surface area contributed by atoms with Crippen molar-refractivity contribution in [2.24, 2.45) is 0 Å². The Morgan fingerprint density at radius 1 is 1.10 bits per heavy atom. The quantitative estimate of drug-likeness (QED) is 0.331. The van der Waals surface area contributed by atoms with Crippen LogP contribution < -0.4 is 5.32 Å². The van der Waals surface area contributed by atoms with Gasteiger partial charge in [0, 0.05) is 29.0 Å². The predicted octanol–water partition coefficient (Wildman–Crippen LogP) is 6.27. The van der Waals surface area contributed by atoms with E-state index >= 15 is 0 Å². The average molecular weight is 452 g/mol. The first kappa shape index (κ1) is 25.0. The number of amides is 1. The van der Waals surface area contributed by atoms with Gasteiger partial charge in [-0.15, -0.1) is 0 Å². The van der Waals surface area contributed by atoms with Gasteiger partial charge in [-0.25, -0.2) is 0 Å². The molecule has 0 fully saturated rings. The van der Waals surface area contributed by atoms with Gasteiger partial charge in [0.2, 0.25) is 5.91 Å². The number of aliphatic hydroxyl groups is 1. The van der Waals surface area contributed by atoms with Crippen molar-refractivity contribution in [3.05, 3.63) is 65.2 Å². The topological polar surface area (TPSA) is 49.3 Å². The maximum atomic E-state index is 13.7. The third-order valence-corrected chi connectivity index (χ3v) is 5.80. The lowest BCUT2D eigenvalue weighted by Crippen LogP contribution is -2.22. The van der Waals surface area contributed by atoms with Gasteiger partial charge in [0.25, 0.3) is 0 Å². The van der Waals surface area contributed by atoms with Crippen molar-refractivity contribution >= 4 is 23.7 Å². The Hall–Kier alpha value is -2.25. The van der Waals surface area contributed by atoms with E-state index in [9.17, 15) is 18.0 Å². The van der Waals surface area contributed by atoms with Crippen LogP contribution in [-0.4, -0.2) is 24.2 Å². The van der Waals surface area contributed by atoms with Gasteiger partial charge in [0.05, 0.1) is 5.56 Å². The van der Waals surface area contributed by atoms with Crippen LogP contribution in [0.25, 0.3) is 6.08 Å². The number of aliphatic hydroxyl groups excluding tert-OH is 1. The van der Waals surface area contributed by atoms with Gasteiger partial charge in [-0.3, -0.25) is 4.79 Å². The first-order valence-corrected chi connectivity index (χ1v) is 11.1. The first-order valence-electron chi connectivity index (χ1n) is 10.3. The molecule has 7 heteroatoms. The highest BCUT2D eigenvalue weighted by Gasteiger charge is 2.34. The molecular weight excluding hydrogens is 423 g/mol. The molecule has 0 aliphatic heterocycles. The van der Waals surface area contributed by atoms with Crippen LogP contribution in [0.1, 0.15) is 55.7 Å². The van der Waals surface area contributed by atoms with Gasteiger partial charge < -0.3 is 10.4 Å². The molecule has 0 bridgehead atoms. The molecule has 0 unspecified atom stereocenters. The lowest BCUT2D eigenvalue weighted by atomic mass is 10.0. The van der Waals surface area contributed by atoms with E-state index in [0.29, 0.717) is 18.5 Å². The van der Waals surface area contributed by atoms with Crippen molar-refractivity contribution in [1.29, 1.82) is 0 Å². The minimum absolute atomic E-state index is 0.118. The summed E-state index contributed by atoms with van der Waals surface area (Å²) in [7, 11) is 0. The van der Waals surface area contributed by atoms with Crippen LogP contribution in [0.15, 0.2) is 58.3 Å². The molecule has 0 radical (unpaired) electrons. The average Bonchev–Trinajstić information content (AvgIpc) is 2.72. The molecule has 0 saturated heterocycles. The second kappa shape index (κ2) is 12.0. The molecule has 2 N–H and O–H groups in total. The number of hydrogen-bond donors (Lipinski definition) is 2. The summed E-state index contributed by atoms with van der Waals surface area (Å²) < 4.78 is 41.2. The minimum atomic E-state index is -4.51. The van der Waals surface area contributed by atoms with Gasteiger partial charge in [-0.2, -0.15) is 13.2 Å². The smallest absolute Gasteiger partial charge is 0.396 e. The number of alkyl halides is 3. The van der Waals surface area contributed by atoms with Gasteiger partial charge >= 0.3 is 6.18 Å². The lowest BCUT2D eigenvalue weighted by molar-refractivity contribution is -0.139. The standard InChI is InChI=1S/C24H28F3NO2S/c1-17(2)19-8-4-5-9-21(19)31-22-12-10-18(16-20(22)24(25,26)27)11-13-23(30)28-14-6-3-7-15-29/h4-5,8-13,16-17,29H,3,6-7,14-15H2,1-2H3,(H,28,30). The zero-order valence-corrected chi connectivity index (χ0v) is 18.5. The SMILES string of the molecule is CC(C)c1ccccc1Sc1ccc(C=CC(=O)NCCCCCO)cc1C(F)(F)F. The molecule has 0 spiro atoms. The van der Waals surface area contributed by atoms with Crippen LogP contribution in [0.3, 0.4) is 0 Å². The minimum Gasteiger partial charge on any atom is -0.396 e. The molecule has 2 rings (SSSR count). The molecular formula is C24H28F3NO2S. The van der Waals surface area contributed by atoms with Crippen LogP contribution in [0.5, 0.6) is 0 Å². The highest BCUT2D eigenvalue weighted by atomic mass is 32.2. The van der Waals surface area contributed by atoms with Crippen molar-refractivity contribution < 1.29 is 23.1 Å². The third-order valence-electron chi connectivity index (χ3n) is 4.63. The molecule has 0 heterocycles. The molecule has 0 aliphatic rings. The van der Waals surface area contributed by atoms with Crippen LogP contribution >= 0.6 is 11.8 Å². The van der Waals surface area contributed by atoms with Crippen molar-refractivity contribution in [1.82, 2.24) is 5.32 Å². The largest absolute Gasteiger partial charge is 0.417 e. The molecule has 2 aromatic rings. The van der Waals surface area contributed by atoms with Crippen LogP contribution in [0.2, 0.25) is 0 Å². The highest BCUT2D eigenvalue weighted by molar-refractivity contribution is 7.99. The fourth-order valence-corrected chi connectivity index (χ4v) is 4.21. The Kier molecular flexibility index (Phi) is 9.65. The molecule has 1 amide bonds. The van der Waals surface area contributed by atoms with E-state index < -0.39 is 11.7 Å². The molecule has 31 heavy (non-hydrogen) atoms.